The molecule has 0 radical (unpaired) electrons. The van der Waals surface area contributed by atoms with E-state index in [0.717, 1.165) is 0 Å². The van der Waals surface area contributed by atoms with Crippen molar-refractivity contribution in [1.29, 1.82) is 0 Å². The molecule has 1 nitrogen and oxygen atoms in total. The molecule has 0 bridgehead atoms. The third-order valence-electron chi connectivity index (χ3n) is 0.227. The van der Waals surface area contributed by atoms with Crippen molar-refractivity contribution in [3.8, 4) is 5.92 Å². The SMILES string of the molecule is [C+]#CCC[O-]. The third kappa shape index (κ3) is 3.74. The number of hydrogen-bond donors (Lipinski definition) is 0. The van der Waals surface area contributed by atoms with Gasteiger partial charge in [-0.2, -0.15) is 0 Å². The molecule has 26 valence electrons. The van der Waals surface area contributed by atoms with Gasteiger partial charge in [-0.15, -0.1) is 0 Å². The van der Waals surface area contributed by atoms with Crippen LogP contribution in [0.15, 0.2) is 0 Å². The van der Waals surface area contributed by atoms with E-state index in [1.807, 2.05) is 5.92 Å². The van der Waals surface area contributed by atoms with Crippen molar-refractivity contribution in [3.63, 3.8) is 0 Å². The first-order valence-electron chi connectivity index (χ1n) is 1.39. The zero-order valence-electron chi connectivity index (χ0n) is 2.82. The van der Waals surface area contributed by atoms with Gasteiger partial charge in [-0.1, -0.05) is 0 Å². The molecule has 0 atom stereocenters. The Hall–Kier alpha value is -0.260. The van der Waals surface area contributed by atoms with Crippen molar-refractivity contribution >= 4 is 0 Å². The van der Waals surface area contributed by atoms with E-state index in [4.69, 9.17) is 6.42 Å². The summed E-state index contributed by atoms with van der Waals surface area (Å²) in [6.07, 6.45) is 6.40. The molecule has 0 aliphatic rings. The van der Waals surface area contributed by atoms with Crippen LogP contribution in [0.25, 0.3) is 0 Å². The molecular weight excluding hydrogens is 64.0 g/mol. The van der Waals surface area contributed by atoms with Gasteiger partial charge in [0.25, 0.3) is 0 Å². The third-order valence-corrected chi connectivity index (χ3v) is 0.227. The Morgan fingerprint density at radius 2 is 2.40 bits per heavy atom. The average Bonchev–Trinajstić information content (AvgIpc) is 1.41. The second-order valence-electron chi connectivity index (χ2n) is 0.631. The standard InChI is InChI=1S/C4H4O/c1-2-3-4-5/h3-4H2. The summed E-state index contributed by atoms with van der Waals surface area (Å²) >= 11 is 0. The van der Waals surface area contributed by atoms with Crippen LogP contribution >= 0.6 is 0 Å². The minimum absolute atomic E-state index is 0.205. The second kappa shape index (κ2) is 3.74. The zero-order valence-corrected chi connectivity index (χ0v) is 2.82. The maximum atomic E-state index is 9.35. The first-order valence-corrected chi connectivity index (χ1v) is 1.39. The van der Waals surface area contributed by atoms with Crippen molar-refractivity contribution in [1.82, 2.24) is 0 Å². The first kappa shape index (κ1) is 4.74. The predicted molar refractivity (Wildman–Crippen MR) is 16.6 cm³/mol. The predicted octanol–water partition coefficient (Wildman–Crippen LogP) is -0.673. The summed E-state index contributed by atoms with van der Waals surface area (Å²) in [5, 5.41) is 9.35. The fourth-order valence-corrected chi connectivity index (χ4v) is 0.0510. The molecule has 0 saturated carbocycles. The van der Waals surface area contributed by atoms with Crippen LogP contribution in [0.4, 0.5) is 0 Å². The minimum atomic E-state index is -0.205. The van der Waals surface area contributed by atoms with Gasteiger partial charge in [0.1, 0.15) is 0 Å². The van der Waals surface area contributed by atoms with E-state index in [-0.39, 0.29) is 13.0 Å². The molecule has 0 heterocycles. The van der Waals surface area contributed by atoms with Crippen molar-refractivity contribution < 1.29 is 5.11 Å². The molecule has 0 aliphatic carbocycles. The van der Waals surface area contributed by atoms with Crippen LogP contribution in [0.2, 0.25) is 0 Å². The quantitative estimate of drug-likeness (QED) is 0.295. The number of hydrogen-bond acceptors (Lipinski definition) is 1. The van der Waals surface area contributed by atoms with E-state index in [0.29, 0.717) is 0 Å². The Bertz CT molecular complexity index is 42.1. The Morgan fingerprint density at radius 3 is 2.40 bits per heavy atom. The number of rotatable bonds is 1. The van der Waals surface area contributed by atoms with Crippen molar-refractivity contribution in [2.45, 2.75) is 6.42 Å². The van der Waals surface area contributed by atoms with Gasteiger partial charge in [0.15, 0.2) is 0 Å². The summed E-state index contributed by atoms with van der Waals surface area (Å²) < 4.78 is 0. The second-order valence-corrected chi connectivity index (χ2v) is 0.631. The summed E-state index contributed by atoms with van der Waals surface area (Å²) in [7, 11) is 0. The Labute approximate surface area is 31.6 Å². The van der Waals surface area contributed by atoms with Crippen molar-refractivity contribution in [2.75, 3.05) is 6.61 Å². The molecule has 0 amide bonds. The van der Waals surface area contributed by atoms with Crippen LogP contribution in [0.3, 0.4) is 0 Å². The molecule has 0 aromatic carbocycles. The Kier molecular flexibility index (Phi) is 3.55. The van der Waals surface area contributed by atoms with Gasteiger partial charge in [-0.25, -0.2) is 0 Å². The molecule has 0 rings (SSSR count). The molecule has 0 N–H and O–H groups in total. The monoisotopic (exact) mass is 68.0 g/mol. The summed E-state index contributed by atoms with van der Waals surface area (Å²) in [6.45, 7) is -0.205. The van der Waals surface area contributed by atoms with Gasteiger partial charge in [-0.3, -0.25) is 0 Å². The van der Waals surface area contributed by atoms with Gasteiger partial charge in [0.2, 0.25) is 0 Å². The van der Waals surface area contributed by atoms with Crippen LogP contribution in [-0.2, 0) is 0 Å². The molecular formula is C4H4O. The summed E-state index contributed by atoms with van der Waals surface area (Å²) in [5.74, 6) is 1.95. The molecule has 1 heteroatoms. The van der Waals surface area contributed by atoms with Crippen molar-refractivity contribution in [2.24, 2.45) is 0 Å². The van der Waals surface area contributed by atoms with E-state index in [2.05, 4.69) is 0 Å². The Morgan fingerprint density at radius 1 is 1.80 bits per heavy atom. The van der Waals surface area contributed by atoms with Gasteiger partial charge in [-0.05, 0) is 0 Å². The fourth-order valence-electron chi connectivity index (χ4n) is 0.0510. The summed E-state index contributed by atoms with van der Waals surface area (Å²) in [4.78, 5) is 0. The van der Waals surface area contributed by atoms with E-state index in [9.17, 15) is 5.11 Å². The van der Waals surface area contributed by atoms with Gasteiger partial charge in [0, 0.05) is 0 Å². The van der Waals surface area contributed by atoms with Crippen LogP contribution in [0.5, 0.6) is 0 Å². The van der Waals surface area contributed by atoms with Gasteiger partial charge < -0.3 is 0 Å². The zero-order chi connectivity index (χ0) is 4.12. The normalized spacial score (nSPS) is 7.00. The first-order chi connectivity index (χ1) is 2.41. The molecule has 0 unspecified atom stereocenters. The summed E-state index contributed by atoms with van der Waals surface area (Å²) in [5.41, 5.74) is 0. The molecule has 0 aromatic heterocycles. The van der Waals surface area contributed by atoms with Crippen LogP contribution in [-0.4, -0.2) is 6.61 Å². The van der Waals surface area contributed by atoms with Crippen LogP contribution in [0.1, 0.15) is 6.42 Å². The van der Waals surface area contributed by atoms with E-state index >= 15 is 0 Å². The van der Waals surface area contributed by atoms with Gasteiger partial charge >= 0.3 is 30.5 Å². The van der Waals surface area contributed by atoms with E-state index < -0.39 is 0 Å². The molecule has 5 heavy (non-hydrogen) atoms. The van der Waals surface area contributed by atoms with E-state index in [1.165, 1.54) is 0 Å². The molecule has 0 fully saturated rings. The maximum absolute atomic E-state index is 9.35. The van der Waals surface area contributed by atoms with Gasteiger partial charge in [0.05, 0.1) is 0 Å². The molecule has 0 aromatic rings. The Balaban J connectivity index is 2.48. The topological polar surface area (TPSA) is 23.1 Å². The molecule has 0 aliphatic heterocycles. The molecule has 0 saturated heterocycles. The fraction of sp³-hybridized carbons (Fsp3) is 0.500. The van der Waals surface area contributed by atoms with Crippen LogP contribution in [0, 0.1) is 12.3 Å². The average molecular weight is 68.1 g/mol. The summed E-state index contributed by atoms with van der Waals surface area (Å²) in [6, 6.07) is 0. The van der Waals surface area contributed by atoms with E-state index in [1.54, 1.807) is 0 Å². The van der Waals surface area contributed by atoms with Crippen LogP contribution < -0.4 is 5.11 Å². The molecule has 0 spiro atoms. The van der Waals surface area contributed by atoms with Crippen molar-refractivity contribution in [3.05, 3.63) is 6.42 Å².